The number of nitrogens with one attached hydrogen (secondary N) is 2. The summed E-state index contributed by atoms with van der Waals surface area (Å²) in [5, 5.41) is 12.3. The summed E-state index contributed by atoms with van der Waals surface area (Å²) in [6, 6.07) is 0. The lowest BCUT2D eigenvalue weighted by Gasteiger charge is -2.15. The minimum atomic E-state index is 0.732. The van der Waals surface area contributed by atoms with Crippen molar-refractivity contribution in [2.24, 2.45) is 0 Å². The summed E-state index contributed by atoms with van der Waals surface area (Å²) >= 11 is 1.48. The third-order valence-electron chi connectivity index (χ3n) is 5.46. The van der Waals surface area contributed by atoms with Crippen molar-refractivity contribution in [2.75, 3.05) is 18.4 Å². The van der Waals surface area contributed by atoms with Crippen LogP contribution in [0.4, 0.5) is 10.8 Å². The Kier molecular flexibility index (Phi) is 5.06. The molecule has 0 bridgehead atoms. The smallest absolute Gasteiger partial charge is 0.180 e. The van der Waals surface area contributed by atoms with E-state index in [0.717, 1.165) is 65.9 Å². The van der Waals surface area contributed by atoms with Gasteiger partial charge in [0.15, 0.2) is 11.5 Å². The first-order valence-electron chi connectivity index (χ1n) is 10.2. The van der Waals surface area contributed by atoms with Crippen molar-refractivity contribution in [1.82, 2.24) is 33.8 Å². The second kappa shape index (κ2) is 8.00. The molecule has 2 N–H and O–H groups in total. The first-order valence-corrected chi connectivity index (χ1v) is 11.0. The van der Waals surface area contributed by atoms with Crippen molar-refractivity contribution in [3.05, 3.63) is 53.9 Å². The van der Waals surface area contributed by atoms with Crippen LogP contribution >= 0.6 is 11.5 Å². The lowest BCUT2D eigenvalue weighted by molar-refractivity contribution is 0.660. The fourth-order valence-electron chi connectivity index (χ4n) is 3.75. The monoisotopic (exact) mass is 420 g/mol. The van der Waals surface area contributed by atoms with Gasteiger partial charge in [-0.3, -0.25) is 9.08 Å². The van der Waals surface area contributed by atoms with Crippen LogP contribution in [0.1, 0.15) is 24.6 Å². The molecule has 0 spiro atoms. The Labute approximate surface area is 178 Å². The molecule has 1 aliphatic heterocycles. The SMILES string of the molecule is CCn1cc(-c2cnc3c(Nc4snc(C)c4CC4=CCNCC4)nccn23)cn1. The lowest BCUT2D eigenvalue weighted by atomic mass is 10.0. The number of anilines is 2. The van der Waals surface area contributed by atoms with Gasteiger partial charge in [0.1, 0.15) is 5.00 Å². The van der Waals surface area contributed by atoms with Crippen molar-refractivity contribution in [2.45, 2.75) is 33.2 Å². The third-order valence-corrected chi connectivity index (χ3v) is 6.36. The fourth-order valence-corrected chi connectivity index (χ4v) is 4.56. The molecule has 5 heterocycles. The van der Waals surface area contributed by atoms with E-state index in [2.05, 4.69) is 54.4 Å². The molecular formula is C21H24N8S. The maximum absolute atomic E-state index is 4.64. The highest BCUT2D eigenvalue weighted by atomic mass is 32.1. The van der Waals surface area contributed by atoms with Crippen LogP contribution in [0.2, 0.25) is 0 Å². The Hall–Kier alpha value is -3.04. The van der Waals surface area contributed by atoms with Crippen molar-refractivity contribution in [1.29, 1.82) is 0 Å². The molecule has 5 rings (SSSR count). The van der Waals surface area contributed by atoms with Gasteiger partial charge in [0.2, 0.25) is 0 Å². The summed E-state index contributed by atoms with van der Waals surface area (Å²) in [5.41, 5.74) is 6.60. The molecule has 30 heavy (non-hydrogen) atoms. The highest BCUT2D eigenvalue weighted by Gasteiger charge is 2.17. The second-order valence-electron chi connectivity index (χ2n) is 7.39. The van der Waals surface area contributed by atoms with E-state index < -0.39 is 0 Å². The zero-order chi connectivity index (χ0) is 20.5. The third kappa shape index (κ3) is 3.50. The van der Waals surface area contributed by atoms with Crippen LogP contribution in [0.3, 0.4) is 0 Å². The maximum Gasteiger partial charge on any atom is 0.180 e. The number of rotatable bonds is 6. The number of hydrogen-bond donors (Lipinski definition) is 2. The summed E-state index contributed by atoms with van der Waals surface area (Å²) in [4.78, 5) is 9.21. The van der Waals surface area contributed by atoms with Gasteiger partial charge in [-0.25, -0.2) is 9.97 Å². The molecule has 154 valence electrons. The standard InChI is InChI=1S/C21H24N8S/c1-3-28-13-16(11-25-28)18-12-24-20-19(23-8-9-29(18)20)26-21-17(14(2)27-30-21)10-15-4-6-22-7-5-15/h4,8-9,11-13,22H,3,5-7,10H2,1-2H3,(H,23,26). The number of fused-ring (bicyclic) bond motifs is 1. The largest absolute Gasteiger partial charge is 0.327 e. The van der Waals surface area contributed by atoms with E-state index in [0.29, 0.717) is 0 Å². The van der Waals surface area contributed by atoms with E-state index in [-0.39, 0.29) is 0 Å². The molecule has 0 saturated carbocycles. The van der Waals surface area contributed by atoms with Crippen LogP contribution in [-0.4, -0.2) is 41.6 Å². The molecule has 0 unspecified atom stereocenters. The Morgan fingerprint density at radius 2 is 2.20 bits per heavy atom. The summed E-state index contributed by atoms with van der Waals surface area (Å²) in [5.74, 6) is 0.732. The zero-order valence-electron chi connectivity index (χ0n) is 17.1. The predicted octanol–water partition coefficient (Wildman–Crippen LogP) is 3.58. The Morgan fingerprint density at radius 1 is 1.27 bits per heavy atom. The molecular weight excluding hydrogens is 396 g/mol. The van der Waals surface area contributed by atoms with Crippen LogP contribution in [0, 0.1) is 6.92 Å². The van der Waals surface area contributed by atoms with Gasteiger partial charge in [-0.2, -0.15) is 9.47 Å². The van der Waals surface area contributed by atoms with E-state index in [9.17, 15) is 0 Å². The van der Waals surface area contributed by atoms with Crippen molar-refractivity contribution < 1.29 is 0 Å². The van der Waals surface area contributed by atoms with Crippen molar-refractivity contribution in [3.63, 3.8) is 0 Å². The molecule has 0 aromatic carbocycles. The maximum atomic E-state index is 4.64. The number of aryl methyl sites for hydroxylation is 2. The van der Waals surface area contributed by atoms with E-state index in [1.54, 1.807) is 6.20 Å². The van der Waals surface area contributed by atoms with Gasteiger partial charge in [-0.15, -0.1) is 0 Å². The zero-order valence-corrected chi connectivity index (χ0v) is 17.9. The minimum Gasteiger partial charge on any atom is -0.327 e. The van der Waals surface area contributed by atoms with Crippen LogP contribution in [0.25, 0.3) is 16.9 Å². The van der Waals surface area contributed by atoms with Crippen molar-refractivity contribution >= 4 is 28.0 Å². The first kappa shape index (κ1) is 19.0. The molecule has 0 saturated heterocycles. The van der Waals surface area contributed by atoms with Crippen LogP contribution in [0.15, 0.2) is 42.6 Å². The summed E-state index contributed by atoms with van der Waals surface area (Å²) in [6.07, 6.45) is 13.8. The van der Waals surface area contributed by atoms with E-state index in [1.165, 1.54) is 22.7 Å². The molecule has 1 aliphatic rings. The molecule has 4 aromatic rings. The van der Waals surface area contributed by atoms with E-state index >= 15 is 0 Å². The first-order chi connectivity index (χ1) is 14.7. The van der Waals surface area contributed by atoms with Gasteiger partial charge in [0.25, 0.3) is 0 Å². The Balaban J connectivity index is 1.47. The number of nitrogens with zero attached hydrogens (tertiary/aromatic N) is 6. The highest BCUT2D eigenvalue weighted by Crippen LogP contribution is 2.32. The topological polar surface area (TPSA) is 85.0 Å². The number of imidazole rings is 1. The molecule has 9 heteroatoms. The normalized spacial score (nSPS) is 14.3. The van der Waals surface area contributed by atoms with Crippen LogP contribution in [0.5, 0.6) is 0 Å². The Morgan fingerprint density at radius 3 is 3.00 bits per heavy atom. The number of aromatic nitrogens is 6. The molecule has 0 radical (unpaired) electrons. The number of hydrogen-bond acceptors (Lipinski definition) is 7. The molecule has 0 amide bonds. The van der Waals surface area contributed by atoms with Gasteiger partial charge in [0.05, 0.1) is 23.8 Å². The average molecular weight is 421 g/mol. The van der Waals surface area contributed by atoms with Gasteiger partial charge in [-0.05, 0) is 44.8 Å². The van der Waals surface area contributed by atoms with Gasteiger partial charge >= 0.3 is 0 Å². The highest BCUT2D eigenvalue weighted by molar-refractivity contribution is 7.10. The van der Waals surface area contributed by atoms with Crippen molar-refractivity contribution in [3.8, 4) is 11.3 Å². The van der Waals surface area contributed by atoms with Crippen LogP contribution < -0.4 is 10.6 Å². The minimum absolute atomic E-state index is 0.732. The second-order valence-corrected chi connectivity index (χ2v) is 8.16. The van der Waals surface area contributed by atoms with Gasteiger partial charge in [-0.1, -0.05) is 11.6 Å². The van der Waals surface area contributed by atoms with E-state index in [4.69, 9.17) is 0 Å². The Bertz CT molecular complexity index is 1220. The molecule has 8 nitrogen and oxygen atoms in total. The molecule has 4 aromatic heterocycles. The summed E-state index contributed by atoms with van der Waals surface area (Å²) in [6.45, 7) is 6.97. The quantitative estimate of drug-likeness (QED) is 0.464. The summed E-state index contributed by atoms with van der Waals surface area (Å²) in [7, 11) is 0. The lowest BCUT2D eigenvalue weighted by Crippen LogP contribution is -2.21. The molecule has 0 fully saturated rings. The molecule has 0 atom stereocenters. The van der Waals surface area contributed by atoms with Gasteiger partial charge in [0, 0.05) is 42.8 Å². The fraction of sp³-hybridized carbons (Fsp3) is 0.333. The van der Waals surface area contributed by atoms with Gasteiger partial charge < -0.3 is 10.6 Å². The van der Waals surface area contributed by atoms with E-state index in [1.807, 2.05) is 29.5 Å². The average Bonchev–Trinajstić information content (AvgIpc) is 3.49. The predicted molar refractivity (Wildman–Crippen MR) is 119 cm³/mol. The molecule has 0 aliphatic carbocycles. The van der Waals surface area contributed by atoms with Crippen LogP contribution in [-0.2, 0) is 13.0 Å². The summed E-state index contributed by atoms with van der Waals surface area (Å²) < 4.78 is 8.56.